The van der Waals surface area contributed by atoms with Crippen LogP contribution >= 0.6 is 46.4 Å². The largest absolute Gasteiger partial charge is 0.369 e. The van der Waals surface area contributed by atoms with Crippen molar-refractivity contribution in [3.63, 3.8) is 0 Å². The van der Waals surface area contributed by atoms with Crippen LogP contribution in [0.4, 0.5) is 5.95 Å². The first kappa shape index (κ1) is 13.8. The molecule has 1 heterocycles. The molecule has 0 saturated heterocycles. The van der Waals surface area contributed by atoms with E-state index in [-0.39, 0.29) is 0 Å². The van der Waals surface area contributed by atoms with Crippen LogP contribution in [-0.4, -0.2) is 9.55 Å². The van der Waals surface area contributed by atoms with E-state index in [0.29, 0.717) is 37.2 Å². The van der Waals surface area contributed by atoms with Gasteiger partial charge in [-0.05, 0) is 30.3 Å². The zero-order chi connectivity index (χ0) is 14.4. The molecule has 3 rings (SSSR count). The minimum absolute atomic E-state index is 0.294. The first-order valence-corrected chi connectivity index (χ1v) is 7.07. The van der Waals surface area contributed by atoms with Gasteiger partial charge < -0.3 is 5.73 Å². The summed E-state index contributed by atoms with van der Waals surface area (Å²) in [5.74, 6) is 0.294. The minimum Gasteiger partial charge on any atom is -0.369 e. The van der Waals surface area contributed by atoms with Crippen LogP contribution in [0.1, 0.15) is 0 Å². The van der Waals surface area contributed by atoms with Crippen LogP contribution in [0.15, 0.2) is 30.3 Å². The van der Waals surface area contributed by atoms with E-state index in [9.17, 15) is 0 Å². The molecule has 3 aromatic rings. The van der Waals surface area contributed by atoms with E-state index in [2.05, 4.69) is 4.98 Å². The molecule has 102 valence electrons. The first-order chi connectivity index (χ1) is 9.47. The van der Waals surface area contributed by atoms with Crippen LogP contribution in [0.2, 0.25) is 20.1 Å². The van der Waals surface area contributed by atoms with Gasteiger partial charge in [0.25, 0.3) is 0 Å². The number of fused-ring (bicyclic) bond motifs is 1. The maximum Gasteiger partial charge on any atom is 0.205 e. The molecule has 0 aliphatic rings. The van der Waals surface area contributed by atoms with Crippen molar-refractivity contribution < 1.29 is 0 Å². The molecule has 0 aliphatic heterocycles. The molecule has 2 N–H and O–H groups in total. The summed E-state index contributed by atoms with van der Waals surface area (Å²) in [6, 6.07) is 8.53. The molecule has 0 saturated carbocycles. The smallest absolute Gasteiger partial charge is 0.205 e. The van der Waals surface area contributed by atoms with Crippen LogP contribution < -0.4 is 5.73 Å². The predicted molar refractivity (Wildman–Crippen MR) is 85.5 cm³/mol. The fraction of sp³-hybridized carbons (Fsp3) is 0. The molecule has 0 spiro atoms. The second kappa shape index (κ2) is 5.01. The van der Waals surface area contributed by atoms with E-state index in [4.69, 9.17) is 52.1 Å². The third-order valence-electron chi connectivity index (χ3n) is 2.87. The summed E-state index contributed by atoms with van der Waals surface area (Å²) in [5, 5.41) is 1.79. The number of benzene rings is 2. The lowest BCUT2D eigenvalue weighted by molar-refractivity contribution is 1.11. The number of rotatable bonds is 1. The predicted octanol–water partition coefficient (Wildman–Crippen LogP) is 5.22. The van der Waals surface area contributed by atoms with Crippen molar-refractivity contribution >= 4 is 63.4 Å². The molecule has 1 aromatic heterocycles. The van der Waals surface area contributed by atoms with Crippen LogP contribution in [0.25, 0.3) is 16.7 Å². The third-order valence-corrected chi connectivity index (χ3v) is 4.13. The van der Waals surface area contributed by atoms with Gasteiger partial charge >= 0.3 is 0 Å². The van der Waals surface area contributed by atoms with E-state index in [0.717, 1.165) is 5.52 Å². The van der Waals surface area contributed by atoms with Gasteiger partial charge in [-0.3, -0.25) is 4.57 Å². The Labute approximate surface area is 134 Å². The van der Waals surface area contributed by atoms with Gasteiger partial charge in [-0.25, -0.2) is 4.98 Å². The van der Waals surface area contributed by atoms with Gasteiger partial charge in [0.2, 0.25) is 5.95 Å². The van der Waals surface area contributed by atoms with Gasteiger partial charge in [0.15, 0.2) is 0 Å². The number of nitrogen functional groups attached to an aromatic ring is 1. The second-order valence-electron chi connectivity index (χ2n) is 4.16. The Morgan fingerprint density at radius 3 is 2.35 bits per heavy atom. The molecule has 3 nitrogen and oxygen atoms in total. The Hall–Kier alpha value is -1.13. The molecule has 0 amide bonds. The van der Waals surface area contributed by atoms with Crippen molar-refractivity contribution in [3.8, 4) is 5.69 Å². The third kappa shape index (κ3) is 2.21. The van der Waals surface area contributed by atoms with Gasteiger partial charge in [-0.1, -0.05) is 46.4 Å². The molecule has 0 bridgehead atoms. The first-order valence-electron chi connectivity index (χ1n) is 5.56. The number of aromatic nitrogens is 2. The van der Waals surface area contributed by atoms with Gasteiger partial charge in [-0.15, -0.1) is 0 Å². The quantitative estimate of drug-likeness (QED) is 0.614. The van der Waals surface area contributed by atoms with E-state index in [1.165, 1.54) is 0 Å². The molecule has 0 fully saturated rings. The standard InChI is InChI=1S/C13H7Cl4N3/c14-6-1-2-11-10(3-6)19-13(18)20(11)12-5-8(16)7(15)4-9(12)17/h1-5H,(H2,18,19). The van der Waals surface area contributed by atoms with Gasteiger partial charge in [0, 0.05) is 5.02 Å². The monoisotopic (exact) mass is 345 g/mol. The highest BCUT2D eigenvalue weighted by molar-refractivity contribution is 6.43. The van der Waals surface area contributed by atoms with Crippen LogP contribution in [-0.2, 0) is 0 Å². The Morgan fingerprint density at radius 1 is 0.900 bits per heavy atom. The summed E-state index contributed by atoms with van der Waals surface area (Å²) < 4.78 is 1.70. The number of hydrogen-bond donors (Lipinski definition) is 1. The molecule has 20 heavy (non-hydrogen) atoms. The summed E-state index contributed by atoms with van der Waals surface area (Å²) in [6.45, 7) is 0. The fourth-order valence-corrected chi connectivity index (χ4v) is 2.80. The lowest BCUT2D eigenvalue weighted by Gasteiger charge is -2.10. The lowest BCUT2D eigenvalue weighted by atomic mass is 10.2. The summed E-state index contributed by atoms with van der Waals surface area (Å²) in [6.07, 6.45) is 0. The molecule has 7 heteroatoms. The number of nitrogens with two attached hydrogens (primary N) is 1. The fourth-order valence-electron chi connectivity index (χ4n) is 2.01. The molecule has 2 aromatic carbocycles. The Kier molecular flexibility index (Phi) is 3.46. The second-order valence-corrected chi connectivity index (χ2v) is 5.81. The Balaban J connectivity index is 2.35. The molecular weight excluding hydrogens is 340 g/mol. The summed E-state index contributed by atoms with van der Waals surface area (Å²) in [4.78, 5) is 4.27. The van der Waals surface area contributed by atoms with Crippen molar-refractivity contribution in [1.82, 2.24) is 9.55 Å². The lowest BCUT2D eigenvalue weighted by Crippen LogP contribution is -2.01. The average molecular weight is 347 g/mol. The van der Waals surface area contributed by atoms with Crippen LogP contribution in [0, 0.1) is 0 Å². The number of halogens is 4. The zero-order valence-electron chi connectivity index (χ0n) is 9.87. The highest BCUT2D eigenvalue weighted by Crippen LogP contribution is 2.34. The Morgan fingerprint density at radius 2 is 1.60 bits per heavy atom. The molecule has 0 atom stereocenters. The normalized spacial score (nSPS) is 11.2. The number of anilines is 1. The van der Waals surface area contributed by atoms with Gasteiger partial charge in [0.05, 0.1) is 31.8 Å². The summed E-state index contributed by atoms with van der Waals surface area (Å²) in [7, 11) is 0. The van der Waals surface area contributed by atoms with E-state index in [1.807, 2.05) is 6.07 Å². The maximum atomic E-state index is 6.22. The summed E-state index contributed by atoms with van der Waals surface area (Å²) >= 11 is 24.2. The van der Waals surface area contributed by atoms with E-state index < -0.39 is 0 Å². The van der Waals surface area contributed by atoms with Gasteiger partial charge in [-0.2, -0.15) is 0 Å². The van der Waals surface area contributed by atoms with Crippen molar-refractivity contribution in [1.29, 1.82) is 0 Å². The Bertz CT molecular complexity index is 826. The van der Waals surface area contributed by atoms with Crippen molar-refractivity contribution in [2.75, 3.05) is 5.73 Å². The number of hydrogen-bond acceptors (Lipinski definition) is 2. The topological polar surface area (TPSA) is 43.8 Å². The van der Waals surface area contributed by atoms with Crippen LogP contribution in [0.3, 0.4) is 0 Å². The van der Waals surface area contributed by atoms with E-state index in [1.54, 1.807) is 28.8 Å². The number of imidazole rings is 1. The van der Waals surface area contributed by atoms with Crippen molar-refractivity contribution in [2.45, 2.75) is 0 Å². The SMILES string of the molecule is Nc1nc2cc(Cl)ccc2n1-c1cc(Cl)c(Cl)cc1Cl. The number of nitrogens with zero attached hydrogens (tertiary/aromatic N) is 2. The molecule has 0 radical (unpaired) electrons. The maximum absolute atomic E-state index is 6.22. The van der Waals surface area contributed by atoms with Crippen molar-refractivity contribution in [2.24, 2.45) is 0 Å². The highest BCUT2D eigenvalue weighted by atomic mass is 35.5. The minimum atomic E-state index is 0.294. The highest BCUT2D eigenvalue weighted by Gasteiger charge is 2.15. The zero-order valence-corrected chi connectivity index (χ0v) is 12.9. The molecular formula is C13H7Cl4N3. The van der Waals surface area contributed by atoms with Gasteiger partial charge in [0.1, 0.15) is 0 Å². The molecule has 0 unspecified atom stereocenters. The summed E-state index contributed by atoms with van der Waals surface area (Å²) in [5.41, 5.74) is 8.04. The average Bonchev–Trinajstić information content (AvgIpc) is 2.69. The van der Waals surface area contributed by atoms with E-state index >= 15 is 0 Å². The van der Waals surface area contributed by atoms with Crippen molar-refractivity contribution in [3.05, 3.63) is 50.4 Å². The molecule has 0 aliphatic carbocycles. The van der Waals surface area contributed by atoms with Crippen LogP contribution in [0.5, 0.6) is 0 Å².